The molecule has 0 bridgehead atoms. The van der Waals surface area contributed by atoms with Crippen molar-refractivity contribution in [2.45, 2.75) is 50.0 Å². The highest BCUT2D eigenvalue weighted by molar-refractivity contribution is 5.78. The molecular formula is C22H25FO4. The second kappa shape index (κ2) is 8.53. The lowest BCUT2D eigenvalue weighted by atomic mass is 9.73. The van der Waals surface area contributed by atoms with Gasteiger partial charge in [-0.2, -0.15) is 0 Å². The zero-order valence-electron chi connectivity index (χ0n) is 15.2. The van der Waals surface area contributed by atoms with Gasteiger partial charge in [0.05, 0.1) is 12.2 Å². The first-order valence-electron chi connectivity index (χ1n) is 9.40. The van der Waals surface area contributed by atoms with Gasteiger partial charge in [-0.05, 0) is 48.2 Å². The molecule has 1 aliphatic carbocycles. The van der Waals surface area contributed by atoms with E-state index in [1.54, 1.807) is 36.4 Å². The van der Waals surface area contributed by atoms with Crippen LogP contribution in [0.3, 0.4) is 0 Å². The molecule has 2 aromatic carbocycles. The Morgan fingerprint density at radius 2 is 1.67 bits per heavy atom. The van der Waals surface area contributed by atoms with Crippen molar-refractivity contribution in [1.82, 2.24) is 0 Å². The normalized spacial score (nSPS) is 17.3. The number of halogens is 1. The summed E-state index contributed by atoms with van der Waals surface area (Å²) in [5, 5.41) is 20.6. The van der Waals surface area contributed by atoms with Crippen molar-refractivity contribution in [3.63, 3.8) is 0 Å². The van der Waals surface area contributed by atoms with E-state index in [1.165, 1.54) is 12.1 Å². The summed E-state index contributed by atoms with van der Waals surface area (Å²) in [5.41, 5.74) is 0.394. The smallest absolute Gasteiger partial charge is 0.313 e. The third-order valence-corrected chi connectivity index (χ3v) is 5.29. The summed E-state index contributed by atoms with van der Waals surface area (Å²) in [5.74, 6) is -1.54. The minimum atomic E-state index is -1.19. The Morgan fingerprint density at radius 1 is 1.04 bits per heavy atom. The Morgan fingerprint density at radius 3 is 2.26 bits per heavy atom. The maximum atomic E-state index is 12.9. The molecule has 4 nitrogen and oxygen atoms in total. The molecule has 2 N–H and O–H groups in total. The molecular weight excluding hydrogens is 347 g/mol. The third-order valence-electron chi connectivity index (χ3n) is 5.29. The van der Waals surface area contributed by atoms with Gasteiger partial charge >= 0.3 is 5.97 Å². The molecule has 0 aliphatic heterocycles. The molecule has 0 aromatic heterocycles. The van der Waals surface area contributed by atoms with Crippen LogP contribution in [0, 0.1) is 5.82 Å². The van der Waals surface area contributed by atoms with Crippen LogP contribution in [-0.2, 0) is 11.2 Å². The van der Waals surface area contributed by atoms with Crippen LogP contribution in [0.2, 0.25) is 0 Å². The average Bonchev–Trinajstić information content (AvgIpc) is 2.65. The van der Waals surface area contributed by atoms with Crippen molar-refractivity contribution in [1.29, 1.82) is 0 Å². The monoisotopic (exact) mass is 372 g/mol. The summed E-state index contributed by atoms with van der Waals surface area (Å²) in [4.78, 5) is 11.8. The summed E-state index contributed by atoms with van der Waals surface area (Å²) < 4.78 is 18.6. The highest BCUT2D eigenvalue weighted by Gasteiger charge is 2.43. The van der Waals surface area contributed by atoms with Crippen molar-refractivity contribution >= 4 is 5.97 Å². The van der Waals surface area contributed by atoms with Gasteiger partial charge in [-0.3, -0.25) is 4.79 Å². The van der Waals surface area contributed by atoms with E-state index in [-0.39, 0.29) is 5.82 Å². The number of hydrogen-bond acceptors (Lipinski definition) is 3. The lowest BCUT2D eigenvalue weighted by molar-refractivity contribution is -0.147. The number of ether oxygens (including phenoxy) is 1. The molecule has 0 saturated heterocycles. The molecule has 0 amide bonds. The molecule has 1 fully saturated rings. The van der Waals surface area contributed by atoms with E-state index in [9.17, 15) is 19.4 Å². The number of hydrogen-bond donors (Lipinski definition) is 2. The van der Waals surface area contributed by atoms with Gasteiger partial charge in [0.15, 0.2) is 0 Å². The van der Waals surface area contributed by atoms with Crippen molar-refractivity contribution in [3.8, 4) is 5.75 Å². The van der Waals surface area contributed by atoms with Gasteiger partial charge in [0, 0.05) is 6.42 Å². The van der Waals surface area contributed by atoms with Crippen LogP contribution in [0.15, 0.2) is 48.5 Å². The van der Waals surface area contributed by atoms with Crippen LogP contribution in [0.25, 0.3) is 0 Å². The average molecular weight is 372 g/mol. The molecule has 144 valence electrons. The fourth-order valence-corrected chi connectivity index (χ4v) is 3.83. The fraction of sp³-hybridized carbons (Fsp3) is 0.409. The second-order valence-electron chi connectivity index (χ2n) is 7.23. The van der Waals surface area contributed by atoms with Crippen LogP contribution in [0.1, 0.15) is 49.1 Å². The number of benzene rings is 2. The summed E-state index contributed by atoms with van der Waals surface area (Å²) in [6.07, 6.45) is 4.42. The van der Waals surface area contributed by atoms with Gasteiger partial charge in [0.2, 0.25) is 0 Å². The molecule has 27 heavy (non-hydrogen) atoms. The van der Waals surface area contributed by atoms with Crippen LogP contribution in [-0.4, -0.2) is 28.4 Å². The topological polar surface area (TPSA) is 66.8 Å². The highest BCUT2D eigenvalue weighted by atomic mass is 19.1. The summed E-state index contributed by atoms with van der Waals surface area (Å²) in [6, 6.07) is 13.2. The van der Waals surface area contributed by atoms with E-state index in [2.05, 4.69) is 0 Å². The van der Waals surface area contributed by atoms with Crippen LogP contribution in [0.5, 0.6) is 5.75 Å². The Kier molecular flexibility index (Phi) is 6.11. The molecule has 5 heteroatoms. The first kappa shape index (κ1) is 19.4. The van der Waals surface area contributed by atoms with E-state index in [0.717, 1.165) is 24.8 Å². The van der Waals surface area contributed by atoms with Gasteiger partial charge in [-0.1, -0.05) is 43.5 Å². The molecule has 0 heterocycles. The number of aliphatic hydroxyl groups is 1. The van der Waals surface area contributed by atoms with Crippen molar-refractivity contribution in [2.75, 3.05) is 6.61 Å². The zero-order chi connectivity index (χ0) is 19.3. The predicted octanol–water partition coefficient (Wildman–Crippen LogP) is 4.31. The Labute approximate surface area is 158 Å². The Hall–Kier alpha value is -2.40. The lowest BCUT2D eigenvalue weighted by Gasteiger charge is -2.37. The van der Waals surface area contributed by atoms with Gasteiger partial charge in [-0.25, -0.2) is 4.39 Å². The molecule has 2 aromatic rings. The Bertz CT molecular complexity index is 749. The largest absolute Gasteiger partial charge is 0.493 e. The third kappa shape index (κ3) is 4.86. The SMILES string of the molecule is O=C(O)C(c1ccc(OCCc2ccc(F)cc2)cc1)C1(O)CCCCC1. The number of carboxylic acid groups (broad SMARTS) is 1. The van der Waals surface area contributed by atoms with E-state index >= 15 is 0 Å². The number of aliphatic carboxylic acids is 1. The molecule has 0 spiro atoms. The minimum Gasteiger partial charge on any atom is -0.493 e. The van der Waals surface area contributed by atoms with Crippen molar-refractivity contribution < 1.29 is 24.1 Å². The maximum absolute atomic E-state index is 12.9. The van der Waals surface area contributed by atoms with E-state index in [1.807, 2.05) is 0 Å². The minimum absolute atomic E-state index is 0.261. The van der Waals surface area contributed by atoms with Crippen LogP contribution >= 0.6 is 0 Å². The second-order valence-corrected chi connectivity index (χ2v) is 7.23. The predicted molar refractivity (Wildman–Crippen MR) is 100 cm³/mol. The molecule has 1 atom stereocenters. The standard InChI is InChI=1S/C22H25FO4/c23-18-8-4-16(5-9-18)12-15-27-19-10-6-17(7-11-19)20(21(24)25)22(26)13-2-1-3-14-22/h4-11,20,26H,1-3,12-15H2,(H,24,25). The quantitative estimate of drug-likeness (QED) is 0.760. The maximum Gasteiger partial charge on any atom is 0.313 e. The Balaban J connectivity index is 1.62. The first-order chi connectivity index (χ1) is 13.0. The summed E-state index contributed by atoms with van der Waals surface area (Å²) in [6.45, 7) is 0.442. The zero-order valence-corrected chi connectivity index (χ0v) is 15.2. The summed E-state index contributed by atoms with van der Waals surface area (Å²) in [7, 11) is 0. The molecule has 1 saturated carbocycles. The summed E-state index contributed by atoms with van der Waals surface area (Å²) >= 11 is 0. The van der Waals surface area contributed by atoms with Crippen LogP contribution < -0.4 is 4.74 Å². The fourth-order valence-electron chi connectivity index (χ4n) is 3.83. The van der Waals surface area contributed by atoms with Crippen LogP contribution in [0.4, 0.5) is 4.39 Å². The van der Waals surface area contributed by atoms with Gasteiger partial charge in [0.25, 0.3) is 0 Å². The first-order valence-corrected chi connectivity index (χ1v) is 9.40. The van der Waals surface area contributed by atoms with Crippen molar-refractivity contribution in [2.24, 2.45) is 0 Å². The molecule has 1 aliphatic rings. The lowest BCUT2D eigenvalue weighted by Crippen LogP contribution is -2.42. The molecule has 1 unspecified atom stereocenters. The number of carboxylic acids is 1. The van der Waals surface area contributed by atoms with E-state index in [4.69, 9.17) is 4.74 Å². The molecule has 3 rings (SSSR count). The molecule has 0 radical (unpaired) electrons. The van der Waals surface area contributed by atoms with E-state index in [0.29, 0.717) is 37.2 Å². The van der Waals surface area contributed by atoms with Gasteiger partial charge < -0.3 is 14.9 Å². The van der Waals surface area contributed by atoms with Gasteiger partial charge in [-0.15, -0.1) is 0 Å². The van der Waals surface area contributed by atoms with E-state index < -0.39 is 17.5 Å². The number of rotatable bonds is 7. The number of carbonyl (C=O) groups is 1. The van der Waals surface area contributed by atoms with Gasteiger partial charge in [0.1, 0.15) is 17.5 Å². The highest BCUT2D eigenvalue weighted by Crippen LogP contribution is 2.40. The van der Waals surface area contributed by atoms with Crippen molar-refractivity contribution in [3.05, 3.63) is 65.5 Å².